The van der Waals surface area contributed by atoms with Gasteiger partial charge in [-0.3, -0.25) is 20.2 Å². The van der Waals surface area contributed by atoms with Gasteiger partial charge in [-0.15, -0.1) is 0 Å². The maximum absolute atomic E-state index is 12.6. The van der Waals surface area contributed by atoms with E-state index >= 15 is 0 Å². The van der Waals surface area contributed by atoms with Crippen LogP contribution in [0.2, 0.25) is 0 Å². The zero-order chi connectivity index (χ0) is 20.0. The number of H-pyrrole nitrogens is 2. The third kappa shape index (κ3) is 2.57. The smallest absolute Gasteiger partial charge is 0.328 e. The first-order chi connectivity index (χ1) is 13.4. The monoisotopic (exact) mass is 382 g/mol. The minimum Gasteiger partial charge on any atom is -0.497 e. The van der Waals surface area contributed by atoms with Crippen molar-refractivity contribution in [3.63, 3.8) is 0 Å². The highest BCUT2D eigenvalue weighted by Gasteiger charge is 2.35. The Labute approximate surface area is 155 Å². The molecule has 1 unspecified atom stereocenters. The number of fused-ring (bicyclic) bond motifs is 2. The first-order valence-electron chi connectivity index (χ1n) is 8.05. The number of nitrogens with one attached hydrogen (secondary N) is 3. The average Bonchev–Trinajstić information content (AvgIpc) is 2.66. The molecule has 5 N–H and O–H groups in total. The van der Waals surface area contributed by atoms with E-state index in [1.54, 1.807) is 24.3 Å². The summed E-state index contributed by atoms with van der Waals surface area (Å²) in [6, 6.07) is 5.87. The predicted molar refractivity (Wildman–Crippen MR) is 94.8 cm³/mol. The Bertz CT molecular complexity index is 1270. The van der Waals surface area contributed by atoms with Crippen LogP contribution in [0.5, 0.6) is 17.5 Å². The molecule has 28 heavy (non-hydrogen) atoms. The Morgan fingerprint density at radius 3 is 2.61 bits per heavy atom. The van der Waals surface area contributed by atoms with Gasteiger partial charge in [-0.1, -0.05) is 12.1 Å². The number of nitrogens with two attached hydrogens (primary N) is 1. The summed E-state index contributed by atoms with van der Waals surface area (Å²) in [7, 11) is 1.52. The van der Waals surface area contributed by atoms with Gasteiger partial charge in [0.15, 0.2) is 0 Å². The van der Waals surface area contributed by atoms with Crippen LogP contribution >= 0.6 is 0 Å². The highest BCUT2D eigenvalue weighted by molar-refractivity contribution is 5.74. The Balaban J connectivity index is 2.06. The summed E-state index contributed by atoms with van der Waals surface area (Å²) in [4.78, 5) is 44.5. The van der Waals surface area contributed by atoms with Crippen LogP contribution in [-0.4, -0.2) is 32.7 Å². The molecular weight excluding hydrogens is 368 g/mol. The standard InChI is InChI=1S/C17H14N6O5/c1-27-8-4-2-7(3-5-8)9-10-12(18)23(16(19)25)6-20-14(10)28-15-11(9)13(24)21-17(26)22-15/h2-6,9,18H,1H3,(H2,19,25)(H2,21,22,24,26). The first-order valence-corrected chi connectivity index (χ1v) is 8.05. The fourth-order valence-corrected chi connectivity index (χ4v) is 3.17. The van der Waals surface area contributed by atoms with E-state index in [9.17, 15) is 14.4 Å². The molecular formula is C17H14N6O5. The Morgan fingerprint density at radius 2 is 1.96 bits per heavy atom. The fraction of sp³-hybridized carbons (Fsp3) is 0.118. The molecule has 0 bridgehead atoms. The number of ether oxygens (including phenoxy) is 2. The Kier molecular flexibility index (Phi) is 3.84. The Hall–Kier alpha value is -4.15. The highest BCUT2D eigenvalue weighted by atomic mass is 16.5. The summed E-state index contributed by atoms with van der Waals surface area (Å²) in [5.41, 5.74) is 4.44. The third-order valence-corrected chi connectivity index (χ3v) is 4.42. The molecule has 4 rings (SSSR count). The largest absolute Gasteiger partial charge is 0.497 e. The van der Waals surface area contributed by atoms with Gasteiger partial charge in [-0.2, -0.15) is 0 Å². The summed E-state index contributed by atoms with van der Waals surface area (Å²) >= 11 is 0. The fourth-order valence-electron chi connectivity index (χ4n) is 3.17. The molecule has 0 spiro atoms. The van der Waals surface area contributed by atoms with Crippen molar-refractivity contribution in [3.05, 3.63) is 73.6 Å². The van der Waals surface area contributed by atoms with Crippen molar-refractivity contribution in [1.29, 1.82) is 5.41 Å². The maximum atomic E-state index is 12.6. The second-order valence-electron chi connectivity index (χ2n) is 5.98. The van der Waals surface area contributed by atoms with Crippen LogP contribution in [0.4, 0.5) is 4.79 Å². The van der Waals surface area contributed by atoms with Gasteiger partial charge in [0.25, 0.3) is 5.56 Å². The molecule has 142 valence electrons. The van der Waals surface area contributed by atoms with Crippen molar-refractivity contribution in [2.45, 2.75) is 5.92 Å². The molecule has 0 saturated heterocycles. The number of primary amides is 1. The number of nitrogens with zero attached hydrogens (tertiary/aromatic N) is 2. The number of carbonyl (C=O) groups excluding carboxylic acids is 1. The predicted octanol–water partition coefficient (Wildman–Crippen LogP) is -0.0395. The quantitative estimate of drug-likeness (QED) is 0.379. The number of hydrogen-bond donors (Lipinski definition) is 4. The number of rotatable bonds is 2. The van der Waals surface area contributed by atoms with E-state index in [-0.39, 0.29) is 28.4 Å². The minimum atomic E-state index is -0.907. The number of benzene rings is 1. The number of methoxy groups -OCH3 is 1. The van der Waals surface area contributed by atoms with Crippen LogP contribution in [0.15, 0.2) is 40.2 Å². The molecule has 0 fully saturated rings. The van der Waals surface area contributed by atoms with E-state index in [0.717, 1.165) is 10.9 Å². The van der Waals surface area contributed by atoms with Crippen molar-refractivity contribution in [2.24, 2.45) is 5.73 Å². The van der Waals surface area contributed by atoms with Crippen molar-refractivity contribution < 1.29 is 14.3 Å². The lowest BCUT2D eigenvalue weighted by molar-refractivity contribution is 0.248. The molecule has 1 amide bonds. The molecule has 11 heteroatoms. The molecule has 0 aliphatic carbocycles. The second-order valence-corrected chi connectivity index (χ2v) is 5.98. The van der Waals surface area contributed by atoms with Gasteiger partial charge in [-0.25, -0.2) is 19.1 Å². The normalized spacial score (nSPS) is 14.5. The lowest BCUT2D eigenvalue weighted by Gasteiger charge is -2.26. The summed E-state index contributed by atoms with van der Waals surface area (Å²) in [5, 5.41) is 8.40. The van der Waals surface area contributed by atoms with Crippen LogP contribution in [0, 0.1) is 5.41 Å². The summed E-state index contributed by atoms with van der Waals surface area (Å²) in [5.74, 6) is -0.337. The maximum Gasteiger partial charge on any atom is 0.328 e. The lowest BCUT2D eigenvalue weighted by Crippen LogP contribution is -2.38. The van der Waals surface area contributed by atoms with Gasteiger partial charge in [-0.05, 0) is 17.7 Å². The van der Waals surface area contributed by atoms with E-state index in [1.807, 2.05) is 0 Å². The molecule has 1 aromatic carbocycles. The number of aromatic amines is 2. The molecule has 3 heterocycles. The summed E-state index contributed by atoms with van der Waals surface area (Å²) in [6.07, 6.45) is 1.05. The number of aromatic nitrogens is 4. The Morgan fingerprint density at radius 1 is 1.25 bits per heavy atom. The number of hydrogen-bond acceptors (Lipinski definition) is 7. The highest BCUT2D eigenvalue weighted by Crippen LogP contribution is 2.41. The zero-order valence-corrected chi connectivity index (χ0v) is 14.5. The molecule has 1 atom stereocenters. The number of carbonyl (C=O) groups is 1. The van der Waals surface area contributed by atoms with Crippen LogP contribution in [-0.2, 0) is 0 Å². The van der Waals surface area contributed by atoms with Crippen LogP contribution in [0.1, 0.15) is 22.6 Å². The van der Waals surface area contributed by atoms with Gasteiger partial charge in [0.1, 0.15) is 17.6 Å². The van der Waals surface area contributed by atoms with Crippen LogP contribution in [0.25, 0.3) is 0 Å². The SMILES string of the molecule is COc1ccc(C2c3c([nH]c(=O)[nH]c3=O)Oc3ncn(C(N)=O)c(=N)c32)cc1. The van der Waals surface area contributed by atoms with Gasteiger partial charge < -0.3 is 15.2 Å². The van der Waals surface area contributed by atoms with Crippen molar-refractivity contribution in [1.82, 2.24) is 19.5 Å². The van der Waals surface area contributed by atoms with Crippen LogP contribution < -0.4 is 31.9 Å². The second kappa shape index (κ2) is 6.23. The zero-order valence-electron chi connectivity index (χ0n) is 14.5. The van der Waals surface area contributed by atoms with Gasteiger partial charge in [0, 0.05) is 0 Å². The molecule has 3 aromatic rings. The van der Waals surface area contributed by atoms with Crippen molar-refractivity contribution in [3.8, 4) is 17.5 Å². The van der Waals surface area contributed by atoms with E-state index in [0.29, 0.717) is 11.3 Å². The third-order valence-electron chi connectivity index (χ3n) is 4.42. The molecule has 0 saturated carbocycles. The summed E-state index contributed by atoms with van der Waals surface area (Å²) < 4.78 is 11.5. The minimum absolute atomic E-state index is 0.0166. The topological polar surface area (TPSA) is 169 Å². The number of amides is 1. The van der Waals surface area contributed by atoms with E-state index in [2.05, 4.69) is 15.0 Å². The molecule has 0 radical (unpaired) electrons. The van der Waals surface area contributed by atoms with Gasteiger partial charge in [0.05, 0.1) is 24.2 Å². The molecule has 11 nitrogen and oxygen atoms in total. The van der Waals surface area contributed by atoms with E-state index in [1.165, 1.54) is 7.11 Å². The first kappa shape index (κ1) is 17.3. The van der Waals surface area contributed by atoms with Crippen LogP contribution in [0.3, 0.4) is 0 Å². The lowest BCUT2D eigenvalue weighted by atomic mass is 9.85. The van der Waals surface area contributed by atoms with Crippen molar-refractivity contribution in [2.75, 3.05) is 7.11 Å². The molecule has 1 aliphatic heterocycles. The van der Waals surface area contributed by atoms with E-state index in [4.69, 9.17) is 20.6 Å². The average molecular weight is 382 g/mol. The molecule has 2 aromatic heterocycles. The van der Waals surface area contributed by atoms with E-state index < -0.39 is 23.2 Å². The summed E-state index contributed by atoms with van der Waals surface area (Å²) in [6.45, 7) is 0. The van der Waals surface area contributed by atoms with Gasteiger partial charge >= 0.3 is 11.7 Å². The molecule has 1 aliphatic rings. The van der Waals surface area contributed by atoms with Crippen molar-refractivity contribution >= 4 is 6.03 Å². The van der Waals surface area contributed by atoms with Gasteiger partial charge in [0.2, 0.25) is 11.8 Å².